The van der Waals surface area contributed by atoms with Crippen LogP contribution in [0.3, 0.4) is 0 Å². The lowest BCUT2D eigenvalue weighted by molar-refractivity contribution is -0.140. The molecule has 0 bridgehead atoms. The van der Waals surface area contributed by atoms with E-state index in [4.69, 9.17) is 30.6 Å². The van der Waals surface area contributed by atoms with Crippen molar-refractivity contribution >= 4 is 35.8 Å². The molecule has 0 aromatic carbocycles. The summed E-state index contributed by atoms with van der Waals surface area (Å²) in [5, 5.41) is 51.8. The third-order valence-corrected chi connectivity index (χ3v) is 3.44. The molecule has 0 unspecified atom stereocenters. The number of rotatable bonds is 10. The van der Waals surface area contributed by atoms with Crippen molar-refractivity contribution in [3.63, 3.8) is 0 Å². The molecule has 0 saturated heterocycles. The second-order valence-corrected chi connectivity index (χ2v) is 6.46. The molecule has 0 amide bonds. The molecule has 0 heterocycles. The van der Waals surface area contributed by atoms with Crippen molar-refractivity contribution in [2.24, 2.45) is 11.8 Å². The Morgan fingerprint density at radius 2 is 0.733 bits per heavy atom. The zero-order valence-electron chi connectivity index (χ0n) is 16.7. The zero-order valence-corrected chi connectivity index (χ0v) is 16.7. The van der Waals surface area contributed by atoms with Gasteiger partial charge in [0.25, 0.3) is 0 Å². The third-order valence-electron chi connectivity index (χ3n) is 3.44. The molecular weight excluding hydrogens is 408 g/mol. The Morgan fingerprint density at radius 1 is 0.500 bits per heavy atom. The molecule has 0 aromatic rings. The van der Waals surface area contributed by atoms with E-state index in [1.54, 1.807) is 0 Å². The van der Waals surface area contributed by atoms with E-state index in [1.807, 2.05) is 0 Å². The van der Waals surface area contributed by atoms with Crippen LogP contribution in [0, 0.1) is 11.8 Å². The lowest BCUT2D eigenvalue weighted by atomic mass is 9.95. The monoisotopic (exact) mass is 432 g/mol. The Labute approximate surface area is 170 Å². The van der Waals surface area contributed by atoms with Gasteiger partial charge in [0.1, 0.15) is 0 Å². The Morgan fingerprint density at radius 3 is 0.833 bits per heavy atom. The number of carboxylic acid groups (broad SMARTS) is 6. The maximum atomic E-state index is 10.8. The smallest absolute Gasteiger partial charge is 0.332 e. The molecule has 0 atom stereocenters. The second-order valence-electron chi connectivity index (χ2n) is 6.46. The van der Waals surface area contributed by atoms with Crippen molar-refractivity contribution in [1.82, 2.24) is 0 Å². The standard InChI is InChI=1S/2C9H12O6/c2*1-4(2)7(9(14)15)5(8(12)13)3-6(10)11/h2*4H,3H2,1-2H3,(H,10,11)(H,12,13)(H,14,15)/b7-5+;7-5-. The van der Waals surface area contributed by atoms with Crippen molar-refractivity contribution in [3.05, 3.63) is 22.3 Å². The Balaban J connectivity index is 0. The van der Waals surface area contributed by atoms with E-state index >= 15 is 0 Å². The fraction of sp³-hybridized carbons (Fsp3) is 0.444. The predicted octanol–water partition coefficient (Wildman–Crippen LogP) is 1.17. The highest BCUT2D eigenvalue weighted by Crippen LogP contribution is 2.19. The van der Waals surface area contributed by atoms with Crippen molar-refractivity contribution in [2.45, 2.75) is 40.5 Å². The Hall–Kier alpha value is -3.70. The van der Waals surface area contributed by atoms with Crippen LogP contribution in [-0.4, -0.2) is 66.5 Å². The van der Waals surface area contributed by atoms with Crippen LogP contribution >= 0.6 is 0 Å². The summed E-state index contributed by atoms with van der Waals surface area (Å²) in [7, 11) is 0. The summed E-state index contributed by atoms with van der Waals surface area (Å²) in [5.41, 5.74) is -1.90. The van der Waals surface area contributed by atoms with E-state index in [0.717, 1.165) is 0 Å². The van der Waals surface area contributed by atoms with Gasteiger partial charge in [-0.3, -0.25) is 9.59 Å². The molecule has 0 aliphatic heterocycles. The molecule has 0 radical (unpaired) electrons. The summed E-state index contributed by atoms with van der Waals surface area (Å²) in [5.74, 6) is -9.65. The predicted molar refractivity (Wildman–Crippen MR) is 98.8 cm³/mol. The average Bonchev–Trinajstić information content (AvgIpc) is 2.51. The first kappa shape index (κ1) is 28.5. The highest BCUT2D eigenvalue weighted by atomic mass is 16.4. The van der Waals surface area contributed by atoms with Crippen LogP contribution in [0.2, 0.25) is 0 Å². The molecular formula is C18H24O12. The molecule has 0 aliphatic carbocycles. The minimum absolute atomic E-state index is 0.370. The molecule has 168 valence electrons. The third kappa shape index (κ3) is 10.0. The molecule has 6 N–H and O–H groups in total. The van der Waals surface area contributed by atoms with Gasteiger partial charge in [-0.05, 0) is 11.8 Å². The maximum absolute atomic E-state index is 10.8. The first-order valence-corrected chi connectivity index (χ1v) is 8.37. The van der Waals surface area contributed by atoms with Gasteiger partial charge < -0.3 is 30.6 Å². The fourth-order valence-electron chi connectivity index (χ4n) is 2.32. The van der Waals surface area contributed by atoms with Gasteiger partial charge in [-0.2, -0.15) is 0 Å². The van der Waals surface area contributed by atoms with Crippen molar-refractivity contribution < 1.29 is 59.4 Å². The summed E-state index contributed by atoms with van der Waals surface area (Å²) >= 11 is 0. The fourth-order valence-corrected chi connectivity index (χ4v) is 2.32. The number of carboxylic acids is 6. The molecule has 0 aromatic heterocycles. The molecule has 0 saturated carbocycles. The highest BCUT2D eigenvalue weighted by Gasteiger charge is 2.25. The molecule has 30 heavy (non-hydrogen) atoms. The quantitative estimate of drug-likeness (QED) is 0.267. The Bertz CT molecular complexity index is 717. The second kappa shape index (κ2) is 12.7. The van der Waals surface area contributed by atoms with Crippen LogP contribution in [0.25, 0.3) is 0 Å². The first-order valence-electron chi connectivity index (χ1n) is 8.37. The molecule has 12 heteroatoms. The summed E-state index contributed by atoms with van der Waals surface area (Å²) in [6.45, 7) is 5.98. The number of carbonyl (C=O) groups is 6. The zero-order chi connectivity index (χ0) is 24.3. The summed E-state index contributed by atoms with van der Waals surface area (Å²) < 4.78 is 0. The van der Waals surface area contributed by atoms with Gasteiger partial charge >= 0.3 is 35.8 Å². The lowest BCUT2D eigenvalue weighted by Crippen LogP contribution is -2.17. The number of aliphatic carboxylic acids is 6. The highest BCUT2D eigenvalue weighted by molar-refractivity contribution is 6.02. The van der Waals surface area contributed by atoms with Gasteiger partial charge in [-0.1, -0.05) is 27.7 Å². The van der Waals surface area contributed by atoms with Crippen LogP contribution in [0.15, 0.2) is 22.3 Å². The molecule has 0 fully saturated rings. The minimum Gasteiger partial charge on any atom is -0.481 e. The summed E-state index contributed by atoms with van der Waals surface area (Å²) in [6.07, 6.45) is -1.59. The van der Waals surface area contributed by atoms with Crippen LogP contribution in [0.4, 0.5) is 0 Å². The van der Waals surface area contributed by atoms with Crippen molar-refractivity contribution in [1.29, 1.82) is 0 Å². The van der Waals surface area contributed by atoms with Crippen LogP contribution in [0.5, 0.6) is 0 Å². The number of hydrogen-bond acceptors (Lipinski definition) is 6. The van der Waals surface area contributed by atoms with E-state index in [-0.39, 0.29) is 11.1 Å². The molecule has 12 nitrogen and oxygen atoms in total. The summed E-state index contributed by atoms with van der Waals surface area (Å²) in [4.78, 5) is 63.7. The minimum atomic E-state index is -1.51. The average molecular weight is 432 g/mol. The molecule has 0 spiro atoms. The van der Waals surface area contributed by atoms with Crippen molar-refractivity contribution in [3.8, 4) is 0 Å². The SMILES string of the molecule is CC(C)/C(C(=O)O)=C(/CC(=O)O)C(=O)O.CC(C)/C(C(=O)O)=C(\CC(=O)O)C(=O)O. The van der Waals surface area contributed by atoms with E-state index in [0.29, 0.717) is 0 Å². The van der Waals surface area contributed by atoms with Gasteiger partial charge in [0.2, 0.25) is 0 Å². The maximum Gasteiger partial charge on any atom is 0.332 e. The van der Waals surface area contributed by atoms with E-state index < -0.39 is 71.6 Å². The van der Waals surface area contributed by atoms with Crippen molar-refractivity contribution in [2.75, 3.05) is 0 Å². The summed E-state index contributed by atoms with van der Waals surface area (Å²) in [6, 6.07) is 0. The van der Waals surface area contributed by atoms with Crippen LogP contribution in [-0.2, 0) is 28.8 Å². The molecule has 0 rings (SSSR count). The first-order chi connectivity index (χ1) is 13.5. The van der Waals surface area contributed by atoms with Gasteiger partial charge in [0, 0.05) is 0 Å². The van der Waals surface area contributed by atoms with E-state index in [1.165, 1.54) is 27.7 Å². The normalized spacial score (nSPS) is 12.2. The topological polar surface area (TPSA) is 224 Å². The van der Waals surface area contributed by atoms with Crippen LogP contribution in [0.1, 0.15) is 40.5 Å². The van der Waals surface area contributed by atoms with Gasteiger partial charge in [0.15, 0.2) is 0 Å². The van der Waals surface area contributed by atoms with E-state index in [2.05, 4.69) is 0 Å². The Kier molecular flexibility index (Phi) is 12.1. The van der Waals surface area contributed by atoms with Gasteiger partial charge in [-0.15, -0.1) is 0 Å². The number of hydrogen-bond donors (Lipinski definition) is 6. The largest absolute Gasteiger partial charge is 0.481 e. The lowest BCUT2D eigenvalue weighted by Gasteiger charge is -2.10. The van der Waals surface area contributed by atoms with E-state index in [9.17, 15) is 28.8 Å². The van der Waals surface area contributed by atoms with Crippen LogP contribution < -0.4 is 0 Å². The van der Waals surface area contributed by atoms with Gasteiger partial charge in [-0.25, -0.2) is 19.2 Å². The van der Waals surface area contributed by atoms with Gasteiger partial charge in [0.05, 0.1) is 35.1 Å². The molecule has 0 aliphatic rings.